The molecule has 2 aromatic rings. The van der Waals surface area contributed by atoms with Crippen molar-refractivity contribution in [3.63, 3.8) is 0 Å². The molecule has 1 aromatic heterocycles. The molecule has 0 fully saturated rings. The molecule has 112 valence electrons. The molecular formula is C16H17BrF2N2. The van der Waals surface area contributed by atoms with Crippen molar-refractivity contribution < 1.29 is 8.78 Å². The summed E-state index contributed by atoms with van der Waals surface area (Å²) >= 11 is 3.17. The fourth-order valence-corrected chi connectivity index (χ4v) is 2.77. The topological polar surface area (TPSA) is 24.9 Å². The minimum atomic E-state index is -0.844. The molecule has 2 nitrogen and oxygen atoms in total. The molecule has 1 unspecified atom stereocenters. The van der Waals surface area contributed by atoms with Gasteiger partial charge in [0, 0.05) is 18.4 Å². The lowest BCUT2D eigenvalue weighted by molar-refractivity contribution is 0.487. The number of pyridine rings is 1. The third kappa shape index (κ3) is 4.08. The molecule has 0 bridgehead atoms. The highest BCUT2D eigenvalue weighted by Crippen LogP contribution is 2.29. The van der Waals surface area contributed by atoms with Gasteiger partial charge < -0.3 is 5.32 Å². The first-order valence-electron chi connectivity index (χ1n) is 6.89. The van der Waals surface area contributed by atoms with E-state index in [1.165, 1.54) is 6.07 Å². The van der Waals surface area contributed by atoms with Crippen LogP contribution in [0.4, 0.5) is 8.78 Å². The van der Waals surface area contributed by atoms with Gasteiger partial charge in [0.05, 0.1) is 4.47 Å². The number of nitrogens with one attached hydrogen (secondary N) is 1. The van der Waals surface area contributed by atoms with E-state index in [1.807, 2.05) is 12.1 Å². The second-order valence-corrected chi connectivity index (χ2v) is 5.62. The van der Waals surface area contributed by atoms with Gasteiger partial charge in [0.1, 0.15) is 0 Å². The monoisotopic (exact) mass is 354 g/mol. The van der Waals surface area contributed by atoms with Gasteiger partial charge in [-0.2, -0.15) is 0 Å². The molecule has 0 spiro atoms. The Morgan fingerprint density at radius 3 is 2.57 bits per heavy atom. The summed E-state index contributed by atoms with van der Waals surface area (Å²) in [7, 11) is 0. The van der Waals surface area contributed by atoms with Gasteiger partial charge in [-0.15, -0.1) is 0 Å². The van der Waals surface area contributed by atoms with E-state index in [4.69, 9.17) is 0 Å². The second-order valence-electron chi connectivity index (χ2n) is 4.83. The predicted octanol–water partition coefficient (Wildman–Crippen LogP) is 4.41. The maximum Gasteiger partial charge on any atom is 0.173 e. The molecule has 1 aromatic carbocycles. The number of nitrogens with zero attached hydrogens (tertiary/aromatic N) is 1. The van der Waals surface area contributed by atoms with Crippen LogP contribution in [0.5, 0.6) is 0 Å². The smallest absolute Gasteiger partial charge is 0.173 e. The summed E-state index contributed by atoms with van der Waals surface area (Å²) in [6.45, 7) is 2.87. The molecule has 0 amide bonds. The summed E-state index contributed by atoms with van der Waals surface area (Å²) < 4.78 is 27.2. The molecule has 1 atom stereocenters. The van der Waals surface area contributed by atoms with Crippen LogP contribution in [-0.2, 0) is 6.42 Å². The number of halogens is 3. The number of hydrogen-bond donors (Lipinski definition) is 1. The number of aromatic nitrogens is 1. The Hall–Kier alpha value is -1.33. The van der Waals surface area contributed by atoms with Crippen molar-refractivity contribution in [1.29, 1.82) is 0 Å². The first-order chi connectivity index (χ1) is 10.1. The second kappa shape index (κ2) is 7.61. The van der Waals surface area contributed by atoms with Crippen molar-refractivity contribution in [3.8, 4) is 0 Å². The first-order valence-corrected chi connectivity index (χ1v) is 7.68. The van der Waals surface area contributed by atoms with Crippen molar-refractivity contribution in [2.75, 3.05) is 6.54 Å². The molecule has 1 heterocycles. The Labute approximate surface area is 131 Å². The van der Waals surface area contributed by atoms with Crippen LogP contribution < -0.4 is 5.32 Å². The molecular weight excluding hydrogens is 338 g/mol. The third-order valence-electron chi connectivity index (χ3n) is 3.27. The zero-order chi connectivity index (χ0) is 15.2. The van der Waals surface area contributed by atoms with E-state index in [1.54, 1.807) is 18.5 Å². The van der Waals surface area contributed by atoms with E-state index < -0.39 is 11.6 Å². The summed E-state index contributed by atoms with van der Waals surface area (Å²) in [6.07, 6.45) is 5.11. The summed E-state index contributed by atoms with van der Waals surface area (Å²) in [5.41, 5.74) is 1.81. The van der Waals surface area contributed by atoms with Crippen molar-refractivity contribution in [2.24, 2.45) is 0 Å². The Kier molecular flexibility index (Phi) is 5.82. The van der Waals surface area contributed by atoms with Crippen LogP contribution in [0.1, 0.15) is 30.5 Å². The van der Waals surface area contributed by atoms with Crippen molar-refractivity contribution in [1.82, 2.24) is 10.3 Å². The van der Waals surface area contributed by atoms with Crippen molar-refractivity contribution >= 4 is 15.9 Å². The maximum atomic E-state index is 13.8. The highest BCUT2D eigenvalue weighted by atomic mass is 79.9. The van der Waals surface area contributed by atoms with Crippen molar-refractivity contribution in [2.45, 2.75) is 25.8 Å². The van der Waals surface area contributed by atoms with Crippen LogP contribution in [0.25, 0.3) is 0 Å². The largest absolute Gasteiger partial charge is 0.310 e. The SMILES string of the molecule is CCCNC(Cc1ccncc1)c1ccc(F)c(F)c1Br. The van der Waals surface area contributed by atoms with E-state index >= 15 is 0 Å². The van der Waals surface area contributed by atoms with Crippen LogP contribution >= 0.6 is 15.9 Å². The molecule has 0 aliphatic heterocycles. The van der Waals surface area contributed by atoms with E-state index in [9.17, 15) is 8.78 Å². The average molecular weight is 355 g/mol. The van der Waals surface area contributed by atoms with E-state index in [0.29, 0.717) is 6.42 Å². The van der Waals surface area contributed by atoms with Crippen LogP contribution in [0.3, 0.4) is 0 Å². The van der Waals surface area contributed by atoms with Gasteiger partial charge in [-0.3, -0.25) is 4.98 Å². The molecule has 0 saturated carbocycles. The fraction of sp³-hybridized carbons (Fsp3) is 0.312. The zero-order valence-electron chi connectivity index (χ0n) is 11.7. The molecule has 2 rings (SSSR count). The number of rotatable bonds is 6. The van der Waals surface area contributed by atoms with E-state index in [0.717, 1.165) is 24.1 Å². The van der Waals surface area contributed by atoms with Crippen LogP contribution in [0.15, 0.2) is 41.1 Å². The van der Waals surface area contributed by atoms with Gasteiger partial charge in [0.25, 0.3) is 0 Å². The quantitative estimate of drug-likeness (QED) is 0.777. The molecule has 0 aliphatic rings. The third-order valence-corrected chi connectivity index (χ3v) is 4.08. The van der Waals surface area contributed by atoms with Crippen LogP contribution in [0.2, 0.25) is 0 Å². The van der Waals surface area contributed by atoms with Crippen LogP contribution in [-0.4, -0.2) is 11.5 Å². The molecule has 0 aliphatic carbocycles. The normalized spacial score (nSPS) is 12.4. The summed E-state index contributed by atoms with van der Waals surface area (Å²) in [5.74, 6) is -1.69. The summed E-state index contributed by atoms with van der Waals surface area (Å²) in [5, 5.41) is 3.38. The summed E-state index contributed by atoms with van der Waals surface area (Å²) in [6, 6.07) is 6.56. The molecule has 21 heavy (non-hydrogen) atoms. The Morgan fingerprint density at radius 2 is 1.90 bits per heavy atom. The van der Waals surface area contributed by atoms with Crippen molar-refractivity contribution in [3.05, 3.63) is 63.9 Å². The maximum absolute atomic E-state index is 13.8. The average Bonchev–Trinajstić information content (AvgIpc) is 2.51. The molecule has 0 saturated heterocycles. The fourth-order valence-electron chi connectivity index (χ4n) is 2.18. The molecule has 0 radical (unpaired) electrons. The highest BCUT2D eigenvalue weighted by molar-refractivity contribution is 9.10. The lowest BCUT2D eigenvalue weighted by Gasteiger charge is -2.21. The van der Waals surface area contributed by atoms with E-state index in [-0.39, 0.29) is 10.5 Å². The Morgan fingerprint density at radius 1 is 1.19 bits per heavy atom. The minimum absolute atomic E-state index is 0.0863. The lowest BCUT2D eigenvalue weighted by atomic mass is 9.99. The van der Waals surface area contributed by atoms with Gasteiger partial charge in [-0.1, -0.05) is 13.0 Å². The Bertz CT molecular complexity index is 590. The zero-order valence-corrected chi connectivity index (χ0v) is 13.3. The lowest BCUT2D eigenvalue weighted by Crippen LogP contribution is -2.24. The number of benzene rings is 1. The van der Waals surface area contributed by atoms with Gasteiger partial charge in [0.2, 0.25) is 0 Å². The van der Waals surface area contributed by atoms with Gasteiger partial charge in [-0.05, 0) is 64.6 Å². The van der Waals surface area contributed by atoms with Gasteiger partial charge in [0.15, 0.2) is 11.6 Å². The molecule has 1 N–H and O–H groups in total. The van der Waals surface area contributed by atoms with E-state index in [2.05, 4.69) is 33.2 Å². The first kappa shape index (κ1) is 16.0. The highest BCUT2D eigenvalue weighted by Gasteiger charge is 2.19. The standard InChI is InChI=1S/C16H17BrF2N2/c1-2-7-21-14(10-11-5-8-20-9-6-11)12-3-4-13(18)16(19)15(12)17/h3-6,8-9,14,21H,2,7,10H2,1H3. The summed E-state index contributed by atoms with van der Waals surface area (Å²) in [4.78, 5) is 3.99. The van der Waals surface area contributed by atoms with Gasteiger partial charge in [-0.25, -0.2) is 8.78 Å². The van der Waals surface area contributed by atoms with Crippen LogP contribution in [0, 0.1) is 11.6 Å². The predicted molar refractivity (Wildman–Crippen MR) is 83.0 cm³/mol. The number of hydrogen-bond acceptors (Lipinski definition) is 2. The Balaban J connectivity index is 2.29. The van der Waals surface area contributed by atoms with Gasteiger partial charge >= 0.3 is 0 Å². The molecule has 5 heteroatoms. The minimum Gasteiger partial charge on any atom is -0.310 e.